The van der Waals surface area contributed by atoms with E-state index in [1.807, 2.05) is 0 Å². The largest absolute Gasteiger partial charge is 0.312 e. The second-order valence-electron chi connectivity index (χ2n) is 7.32. The summed E-state index contributed by atoms with van der Waals surface area (Å²) in [6.45, 7) is 10.9. The Hall–Kier alpha value is -0.0800. The fourth-order valence-corrected chi connectivity index (χ4v) is 3.99. The van der Waals surface area contributed by atoms with Crippen molar-refractivity contribution in [3.8, 4) is 0 Å². The molecule has 1 saturated heterocycles. The van der Waals surface area contributed by atoms with Gasteiger partial charge < -0.3 is 5.32 Å². The molecule has 0 bridgehead atoms. The Morgan fingerprint density at radius 2 is 1.89 bits per heavy atom. The van der Waals surface area contributed by atoms with Crippen molar-refractivity contribution in [1.82, 2.24) is 10.2 Å². The zero-order valence-corrected chi connectivity index (χ0v) is 13.4. The Balaban J connectivity index is 1.92. The minimum Gasteiger partial charge on any atom is -0.312 e. The Morgan fingerprint density at radius 1 is 1.16 bits per heavy atom. The minimum atomic E-state index is 0.431. The summed E-state index contributed by atoms with van der Waals surface area (Å²) in [5, 5.41) is 3.86. The van der Waals surface area contributed by atoms with Gasteiger partial charge in [-0.05, 0) is 65.0 Å². The molecule has 2 aliphatic rings. The standard InChI is InChI=1S/C17H34N2/c1-4-12-18-16(15-9-6-5-7-10-15)14-19-13-8-11-17(19,2)3/h15-16,18H,4-14H2,1-3H3. The lowest BCUT2D eigenvalue weighted by molar-refractivity contribution is 0.128. The Kier molecular flexibility index (Phi) is 5.70. The van der Waals surface area contributed by atoms with Crippen molar-refractivity contribution < 1.29 is 0 Å². The molecule has 0 aromatic heterocycles. The highest BCUT2D eigenvalue weighted by atomic mass is 15.2. The molecule has 0 aromatic rings. The van der Waals surface area contributed by atoms with E-state index in [1.165, 1.54) is 71.0 Å². The van der Waals surface area contributed by atoms with Crippen LogP contribution in [0.2, 0.25) is 0 Å². The molecule has 0 amide bonds. The number of hydrogen-bond acceptors (Lipinski definition) is 2. The molecule has 0 spiro atoms. The van der Waals surface area contributed by atoms with Gasteiger partial charge in [-0.1, -0.05) is 26.2 Å². The van der Waals surface area contributed by atoms with Crippen molar-refractivity contribution >= 4 is 0 Å². The lowest BCUT2D eigenvalue weighted by Gasteiger charge is -2.39. The number of nitrogens with zero attached hydrogens (tertiary/aromatic N) is 1. The average Bonchev–Trinajstić information content (AvgIpc) is 2.74. The zero-order valence-electron chi connectivity index (χ0n) is 13.4. The number of nitrogens with one attached hydrogen (secondary N) is 1. The van der Waals surface area contributed by atoms with Gasteiger partial charge in [-0.3, -0.25) is 4.90 Å². The molecule has 2 nitrogen and oxygen atoms in total. The summed E-state index contributed by atoms with van der Waals surface area (Å²) in [5.41, 5.74) is 0.431. The zero-order chi connectivity index (χ0) is 13.7. The monoisotopic (exact) mass is 266 g/mol. The molecule has 2 heteroatoms. The van der Waals surface area contributed by atoms with Crippen LogP contribution in [0.5, 0.6) is 0 Å². The number of likely N-dealkylation sites (tertiary alicyclic amines) is 1. The van der Waals surface area contributed by atoms with E-state index >= 15 is 0 Å². The molecule has 1 unspecified atom stereocenters. The van der Waals surface area contributed by atoms with Crippen molar-refractivity contribution in [2.75, 3.05) is 19.6 Å². The van der Waals surface area contributed by atoms with Gasteiger partial charge in [0, 0.05) is 18.1 Å². The first-order chi connectivity index (χ1) is 9.13. The van der Waals surface area contributed by atoms with Gasteiger partial charge >= 0.3 is 0 Å². The minimum absolute atomic E-state index is 0.431. The predicted octanol–water partition coefficient (Wildman–Crippen LogP) is 3.81. The molecule has 0 radical (unpaired) electrons. The molecule has 19 heavy (non-hydrogen) atoms. The average molecular weight is 266 g/mol. The summed E-state index contributed by atoms with van der Waals surface area (Å²) >= 11 is 0. The molecule has 2 rings (SSSR count). The second-order valence-corrected chi connectivity index (χ2v) is 7.32. The first kappa shape index (κ1) is 15.3. The molecule has 2 fully saturated rings. The predicted molar refractivity (Wildman–Crippen MR) is 83.5 cm³/mol. The lowest BCUT2D eigenvalue weighted by atomic mass is 9.83. The normalized spacial score (nSPS) is 26.7. The maximum atomic E-state index is 3.86. The van der Waals surface area contributed by atoms with E-state index in [0.29, 0.717) is 5.54 Å². The highest BCUT2D eigenvalue weighted by Crippen LogP contribution is 2.31. The number of rotatable bonds is 6. The van der Waals surface area contributed by atoms with Crippen LogP contribution in [0.15, 0.2) is 0 Å². The van der Waals surface area contributed by atoms with Crippen molar-refractivity contribution in [3.63, 3.8) is 0 Å². The van der Waals surface area contributed by atoms with Gasteiger partial charge in [-0.15, -0.1) is 0 Å². The number of hydrogen-bond donors (Lipinski definition) is 1. The first-order valence-electron chi connectivity index (χ1n) is 8.62. The quantitative estimate of drug-likeness (QED) is 0.786. The van der Waals surface area contributed by atoms with Crippen molar-refractivity contribution in [3.05, 3.63) is 0 Å². The van der Waals surface area contributed by atoms with E-state index in [4.69, 9.17) is 0 Å². The van der Waals surface area contributed by atoms with Crippen LogP contribution < -0.4 is 5.32 Å². The van der Waals surface area contributed by atoms with Crippen molar-refractivity contribution in [1.29, 1.82) is 0 Å². The molecule has 1 heterocycles. The van der Waals surface area contributed by atoms with Gasteiger partial charge in [-0.25, -0.2) is 0 Å². The summed E-state index contributed by atoms with van der Waals surface area (Å²) < 4.78 is 0. The van der Waals surface area contributed by atoms with Gasteiger partial charge in [0.05, 0.1) is 0 Å². The molecule has 1 saturated carbocycles. The summed E-state index contributed by atoms with van der Waals surface area (Å²) in [6.07, 6.45) is 11.3. The summed E-state index contributed by atoms with van der Waals surface area (Å²) in [6, 6.07) is 0.734. The van der Waals surface area contributed by atoms with Crippen LogP contribution in [-0.2, 0) is 0 Å². The highest BCUT2D eigenvalue weighted by molar-refractivity contribution is 4.92. The highest BCUT2D eigenvalue weighted by Gasteiger charge is 2.35. The summed E-state index contributed by atoms with van der Waals surface area (Å²) in [7, 11) is 0. The fourth-order valence-electron chi connectivity index (χ4n) is 3.99. The van der Waals surface area contributed by atoms with E-state index in [-0.39, 0.29) is 0 Å². The third-order valence-electron chi connectivity index (χ3n) is 5.37. The van der Waals surface area contributed by atoms with E-state index < -0.39 is 0 Å². The van der Waals surface area contributed by atoms with Crippen LogP contribution in [0.4, 0.5) is 0 Å². The molecule has 1 N–H and O–H groups in total. The van der Waals surface area contributed by atoms with Gasteiger partial charge in [0.1, 0.15) is 0 Å². The maximum Gasteiger partial charge on any atom is 0.0223 e. The van der Waals surface area contributed by atoms with Crippen LogP contribution >= 0.6 is 0 Å². The second kappa shape index (κ2) is 7.08. The topological polar surface area (TPSA) is 15.3 Å². The molecule has 1 atom stereocenters. The third kappa shape index (κ3) is 4.19. The van der Waals surface area contributed by atoms with E-state index in [0.717, 1.165) is 12.0 Å². The third-order valence-corrected chi connectivity index (χ3v) is 5.37. The fraction of sp³-hybridized carbons (Fsp3) is 1.00. The Labute approximate surface area is 120 Å². The van der Waals surface area contributed by atoms with Gasteiger partial charge in [0.25, 0.3) is 0 Å². The summed E-state index contributed by atoms with van der Waals surface area (Å²) in [4.78, 5) is 2.74. The summed E-state index contributed by atoms with van der Waals surface area (Å²) in [5.74, 6) is 0.927. The first-order valence-corrected chi connectivity index (χ1v) is 8.62. The van der Waals surface area contributed by atoms with Crippen LogP contribution in [0.25, 0.3) is 0 Å². The van der Waals surface area contributed by atoms with Gasteiger partial charge in [0.2, 0.25) is 0 Å². The molecule has 1 aliphatic carbocycles. The van der Waals surface area contributed by atoms with Gasteiger partial charge in [0.15, 0.2) is 0 Å². The van der Waals surface area contributed by atoms with Crippen LogP contribution in [-0.4, -0.2) is 36.1 Å². The van der Waals surface area contributed by atoms with Gasteiger partial charge in [-0.2, -0.15) is 0 Å². The SMILES string of the molecule is CCCNC(CN1CCCC1(C)C)C1CCCCC1. The van der Waals surface area contributed by atoms with E-state index in [2.05, 4.69) is 31.0 Å². The van der Waals surface area contributed by atoms with E-state index in [1.54, 1.807) is 0 Å². The Morgan fingerprint density at radius 3 is 2.47 bits per heavy atom. The van der Waals surface area contributed by atoms with Crippen LogP contribution in [0.1, 0.15) is 72.1 Å². The van der Waals surface area contributed by atoms with Crippen LogP contribution in [0.3, 0.4) is 0 Å². The molecule has 1 aliphatic heterocycles. The van der Waals surface area contributed by atoms with Crippen molar-refractivity contribution in [2.45, 2.75) is 83.7 Å². The van der Waals surface area contributed by atoms with Crippen molar-refractivity contribution in [2.24, 2.45) is 5.92 Å². The maximum absolute atomic E-state index is 3.86. The molecular weight excluding hydrogens is 232 g/mol. The molecule has 0 aromatic carbocycles. The van der Waals surface area contributed by atoms with Crippen LogP contribution in [0, 0.1) is 5.92 Å². The smallest absolute Gasteiger partial charge is 0.0223 e. The Bertz CT molecular complexity index is 256. The molecular formula is C17H34N2. The molecule has 112 valence electrons. The lowest BCUT2D eigenvalue weighted by Crippen LogP contribution is -2.50. The van der Waals surface area contributed by atoms with E-state index in [9.17, 15) is 0 Å².